The normalized spacial score (nSPS) is 10.5. The molecular weight excluding hydrogens is 405 g/mol. The van der Waals surface area contributed by atoms with E-state index in [9.17, 15) is 14.0 Å². The van der Waals surface area contributed by atoms with Gasteiger partial charge in [0, 0.05) is 18.7 Å². The number of hydrogen-bond acceptors (Lipinski definition) is 7. The molecule has 2 aromatic carbocycles. The Hall–Kier alpha value is -4.05. The second-order valence-corrected chi connectivity index (χ2v) is 6.45. The van der Waals surface area contributed by atoms with Crippen molar-refractivity contribution in [3.8, 4) is 22.9 Å². The number of rotatable bonds is 9. The van der Waals surface area contributed by atoms with Gasteiger partial charge in [0.05, 0.1) is 13.2 Å². The first kappa shape index (κ1) is 21.7. The van der Waals surface area contributed by atoms with Crippen LogP contribution in [0.4, 0.5) is 10.2 Å². The standard InChI is InChI=1S/C21H20FN5O4/c1-30-11-12-8-15(31-14-4-2-13(22)3-5-14)6-7-16(12)21-26-17(20(24)29)9-19(27-21)25-10-18(23)28/h2-9H,10-11H2,1H3,(H2,23,28)(H2,24,29)(H,25,26,27). The molecule has 0 radical (unpaired) electrons. The van der Waals surface area contributed by atoms with Crippen molar-refractivity contribution in [2.24, 2.45) is 11.5 Å². The maximum Gasteiger partial charge on any atom is 0.267 e. The van der Waals surface area contributed by atoms with Crippen LogP contribution in [-0.2, 0) is 16.1 Å². The van der Waals surface area contributed by atoms with Crippen molar-refractivity contribution in [3.05, 3.63) is 65.6 Å². The Balaban J connectivity index is 1.99. The Morgan fingerprint density at radius 2 is 1.74 bits per heavy atom. The predicted octanol–water partition coefficient (Wildman–Crippen LogP) is 2.22. The lowest BCUT2D eigenvalue weighted by atomic mass is 10.1. The number of nitrogens with one attached hydrogen (secondary N) is 1. The van der Waals surface area contributed by atoms with Crippen molar-refractivity contribution in [2.75, 3.05) is 19.0 Å². The number of carbonyl (C=O) groups is 2. The zero-order chi connectivity index (χ0) is 22.4. The van der Waals surface area contributed by atoms with Crippen LogP contribution >= 0.6 is 0 Å². The fraction of sp³-hybridized carbons (Fsp3) is 0.143. The summed E-state index contributed by atoms with van der Waals surface area (Å²) in [7, 11) is 1.53. The van der Waals surface area contributed by atoms with E-state index in [-0.39, 0.29) is 36.3 Å². The summed E-state index contributed by atoms with van der Waals surface area (Å²) in [4.78, 5) is 31.3. The van der Waals surface area contributed by atoms with E-state index in [1.165, 1.54) is 37.4 Å². The van der Waals surface area contributed by atoms with E-state index >= 15 is 0 Å². The van der Waals surface area contributed by atoms with Gasteiger partial charge in [0.25, 0.3) is 5.91 Å². The molecule has 0 spiro atoms. The van der Waals surface area contributed by atoms with Crippen LogP contribution < -0.4 is 21.5 Å². The summed E-state index contributed by atoms with van der Waals surface area (Å²) in [5.74, 6) is -0.354. The number of nitrogens with zero attached hydrogens (tertiary/aromatic N) is 2. The van der Waals surface area contributed by atoms with Gasteiger partial charge in [-0.05, 0) is 48.0 Å². The van der Waals surface area contributed by atoms with Gasteiger partial charge in [0.15, 0.2) is 5.82 Å². The number of benzene rings is 2. The van der Waals surface area contributed by atoms with E-state index in [1.807, 2.05) is 0 Å². The summed E-state index contributed by atoms with van der Waals surface area (Å²) in [5.41, 5.74) is 11.7. The molecule has 10 heteroatoms. The molecule has 5 N–H and O–H groups in total. The molecule has 0 atom stereocenters. The minimum Gasteiger partial charge on any atom is -0.457 e. The van der Waals surface area contributed by atoms with Gasteiger partial charge in [-0.2, -0.15) is 0 Å². The fourth-order valence-corrected chi connectivity index (χ4v) is 2.73. The topological polar surface area (TPSA) is 142 Å². The number of nitrogens with two attached hydrogens (primary N) is 2. The zero-order valence-electron chi connectivity index (χ0n) is 16.6. The SMILES string of the molecule is COCc1cc(Oc2ccc(F)cc2)ccc1-c1nc(NCC(N)=O)cc(C(N)=O)n1. The molecule has 3 aromatic rings. The summed E-state index contributed by atoms with van der Waals surface area (Å²) in [6, 6.07) is 12.0. The van der Waals surface area contributed by atoms with Crippen molar-refractivity contribution in [3.63, 3.8) is 0 Å². The lowest BCUT2D eigenvalue weighted by Crippen LogP contribution is -2.23. The largest absolute Gasteiger partial charge is 0.457 e. The van der Waals surface area contributed by atoms with Gasteiger partial charge in [-0.15, -0.1) is 0 Å². The van der Waals surface area contributed by atoms with Gasteiger partial charge in [-0.1, -0.05) is 0 Å². The highest BCUT2D eigenvalue weighted by Crippen LogP contribution is 2.29. The smallest absolute Gasteiger partial charge is 0.267 e. The second kappa shape index (κ2) is 9.63. The predicted molar refractivity (Wildman–Crippen MR) is 111 cm³/mol. The van der Waals surface area contributed by atoms with E-state index < -0.39 is 11.8 Å². The number of anilines is 1. The quantitative estimate of drug-likeness (QED) is 0.477. The van der Waals surface area contributed by atoms with Gasteiger partial charge in [0.1, 0.15) is 28.8 Å². The first-order chi connectivity index (χ1) is 14.9. The number of primary amides is 2. The van der Waals surface area contributed by atoms with Gasteiger partial charge in [-0.25, -0.2) is 14.4 Å². The third kappa shape index (κ3) is 5.73. The Labute approximate surface area is 177 Å². The average molecular weight is 425 g/mol. The van der Waals surface area contributed by atoms with Crippen LogP contribution in [0.1, 0.15) is 16.1 Å². The average Bonchev–Trinajstić information content (AvgIpc) is 2.74. The highest BCUT2D eigenvalue weighted by molar-refractivity contribution is 5.92. The molecule has 3 rings (SSSR count). The lowest BCUT2D eigenvalue weighted by Gasteiger charge is -2.13. The first-order valence-corrected chi connectivity index (χ1v) is 9.12. The number of halogens is 1. The second-order valence-electron chi connectivity index (χ2n) is 6.45. The molecule has 0 fully saturated rings. The van der Waals surface area contributed by atoms with Crippen molar-refractivity contribution in [2.45, 2.75) is 6.61 Å². The maximum absolute atomic E-state index is 13.1. The summed E-state index contributed by atoms with van der Waals surface area (Å²) >= 11 is 0. The molecule has 1 heterocycles. The van der Waals surface area contributed by atoms with E-state index in [2.05, 4.69) is 15.3 Å². The third-order valence-electron chi connectivity index (χ3n) is 4.09. The van der Waals surface area contributed by atoms with Crippen LogP contribution in [0.15, 0.2) is 48.5 Å². The highest BCUT2D eigenvalue weighted by Gasteiger charge is 2.15. The Morgan fingerprint density at radius 3 is 2.39 bits per heavy atom. The number of hydrogen-bond donors (Lipinski definition) is 3. The van der Waals surface area contributed by atoms with E-state index in [0.717, 1.165) is 0 Å². The van der Waals surface area contributed by atoms with Gasteiger partial charge in [-0.3, -0.25) is 9.59 Å². The molecule has 0 bridgehead atoms. The van der Waals surface area contributed by atoms with Gasteiger partial charge < -0.3 is 26.3 Å². The Bertz CT molecular complexity index is 1110. The summed E-state index contributed by atoms with van der Waals surface area (Å²) in [5, 5.41) is 2.73. The highest BCUT2D eigenvalue weighted by atomic mass is 19.1. The molecule has 0 unspecified atom stereocenters. The van der Waals surface area contributed by atoms with E-state index in [4.69, 9.17) is 20.9 Å². The van der Waals surface area contributed by atoms with E-state index in [1.54, 1.807) is 18.2 Å². The van der Waals surface area contributed by atoms with Crippen LogP contribution in [0.3, 0.4) is 0 Å². The molecule has 9 nitrogen and oxygen atoms in total. The van der Waals surface area contributed by atoms with Crippen molar-refractivity contribution < 1.29 is 23.5 Å². The van der Waals surface area contributed by atoms with Gasteiger partial charge in [0.2, 0.25) is 5.91 Å². The van der Waals surface area contributed by atoms with E-state index in [0.29, 0.717) is 22.6 Å². The lowest BCUT2D eigenvalue weighted by molar-refractivity contribution is -0.116. The van der Waals surface area contributed by atoms with Crippen LogP contribution in [0.5, 0.6) is 11.5 Å². The minimum absolute atomic E-state index is 0.0352. The zero-order valence-corrected chi connectivity index (χ0v) is 16.6. The molecule has 160 valence electrons. The van der Waals surface area contributed by atoms with Crippen molar-refractivity contribution in [1.82, 2.24) is 9.97 Å². The Morgan fingerprint density at radius 1 is 1.03 bits per heavy atom. The van der Waals surface area contributed by atoms with Crippen LogP contribution in [-0.4, -0.2) is 35.4 Å². The molecule has 1 aromatic heterocycles. The van der Waals surface area contributed by atoms with Crippen LogP contribution in [0.25, 0.3) is 11.4 Å². The molecular formula is C21H20FN5O4. The molecule has 0 aliphatic rings. The summed E-state index contributed by atoms with van der Waals surface area (Å²) < 4.78 is 24.1. The maximum atomic E-state index is 13.1. The van der Waals surface area contributed by atoms with Crippen LogP contribution in [0, 0.1) is 5.82 Å². The molecule has 0 aliphatic heterocycles. The first-order valence-electron chi connectivity index (χ1n) is 9.12. The van der Waals surface area contributed by atoms with Crippen molar-refractivity contribution >= 4 is 17.6 Å². The molecule has 0 saturated carbocycles. The molecule has 0 saturated heterocycles. The number of aromatic nitrogens is 2. The number of ether oxygens (including phenoxy) is 2. The molecule has 31 heavy (non-hydrogen) atoms. The summed E-state index contributed by atoms with van der Waals surface area (Å²) in [6.45, 7) is 0.0220. The number of amides is 2. The minimum atomic E-state index is -0.754. The monoisotopic (exact) mass is 425 g/mol. The van der Waals surface area contributed by atoms with Crippen LogP contribution in [0.2, 0.25) is 0 Å². The summed E-state index contributed by atoms with van der Waals surface area (Å²) in [6.07, 6.45) is 0. The van der Waals surface area contributed by atoms with Gasteiger partial charge >= 0.3 is 0 Å². The number of carbonyl (C=O) groups excluding carboxylic acids is 2. The number of methoxy groups -OCH3 is 1. The molecule has 2 amide bonds. The van der Waals surface area contributed by atoms with Crippen molar-refractivity contribution in [1.29, 1.82) is 0 Å². The fourth-order valence-electron chi connectivity index (χ4n) is 2.73. The molecule has 0 aliphatic carbocycles. The third-order valence-corrected chi connectivity index (χ3v) is 4.09. The Kier molecular flexibility index (Phi) is 6.73.